The van der Waals surface area contributed by atoms with Crippen LogP contribution in [-0.4, -0.2) is 37.4 Å². The molecular formula is C14H18N4O. The van der Waals surface area contributed by atoms with Gasteiger partial charge in [-0.05, 0) is 17.7 Å². The summed E-state index contributed by atoms with van der Waals surface area (Å²) in [5, 5.41) is 0. The van der Waals surface area contributed by atoms with E-state index in [0.29, 0.717) is 12.4 Å². The lowest BCUT2D eigenvalue weighted by atomic mass is 10.0. The third-order valence-electron chi connectivity index (χ3n) is 3.11. The molecule has 1 unspecified atom stereocenters. The van der Waals surface area contributed by atoms with E-state index in [1.807, 2.05) is 43.3 Å². The first-order valence-electron chi connectivity index (χ1n) is 6.07. The molecule has 19 heavy (non-hydrogen) atoms. The van der Waals surface area contributed by atoms with Crippen molar-refractivity contribution in [3.8, 4) is 0 Å². The van der Waals surface area contributed by atoms with Crippen LogP contribution in [0.3, 0.4) is 0 Å². The maximum Gasteiger partial charge on any atom is 0.346 e. The van der Waals surface area contributed by atoms with Crippen molar-refractivity contribution in [1.29, 1.82) is 0 Å². The smallest absolute Gasteiger partial charge is 0.346 e. The average molecular weight is 258 g/mol. The van der Waals surface area contributed by atoms with Crippen LogP contribution in [-0.2, 0) is 0 Å². The number of hydrogen-bond donors (Lipinski definition) is 1. The Hall–Kier alpha value is -2.30. The summed E-state index contributed by atoms with van der Waals surface area (Å²) in [6.45, 7) is 4.09. The maximum atomic E-state index is 11.7. The summed E-state index contributed by atoms with van der Waals surface area (Å²) >= 11 is 0. The van der Waals surface area contributed by atoms with Gasteiger partial charge in [0.25, 0.3) is 0 Å². The molecule has 1 aliphatic rings. The van der Waals surface area contributed by atoms with Crippen molar-refractivity contribution >= 4 is 17.6 Å². The van der Waals surface area contributed by atoms with Crippen LogP contribution in [0.5, 0.6) is 0 Å². The number of urea groups is 1. The van der Waals surface area contributed by atoms with Gasteiger partial charge >= 0.3 is 6.03 Å². The van der Waals surface area contributed by atoms with Gasteiger partial charge in [-0.25, -0.2) is 4.79 Å². The summed E-state index contributed by atoms with van der Waals surface area (Å²) in [6, 6.07) is 7.34. The number of hydrogen-bond acceptors (Lipinski definition) is 3. The number of carbonyl (C=O) groups is 1. The topological polar surface area (TPSA) is 61.9 Å². The average Bonchev–Trinajstić information content (AvgIpc) is 2.65. The highest BCUT2D eigenvalue weighted by Gasteiger charge is 2.33. The number of rotatable bonds is 4. The second-order valence-electron chi connectivity index (χ2n) is 4.65. The van der Waals surface area contributed by atoms with Crippen LogP contribution < -0.4 is 10.6 Å². The summed E-state index contributed by atoms with van der Waals surface area (Å²) in [5.74, 6) is 0.337. The lowest BCUT2D eigenvalue weighted by Crippen LogP contribution is -2.33. The van der Waals surface area contributed by atoms with Gasteiger partial charge in [-0.2, -0.15) is 4.99 Å². The molecule has 0 saturated carbocycles. The largest absolute Gasteiger partial charge is 0.385 e. The van der Waals surface area contributed by atoms with Crippen LogP contribution in [0.1, 0.15) is 11.6 Å². The van der Waals surface area contributed by atoms with Crippen LogP contribution in [0.25, 0.3) is 0 Å². The highest BCUT2D eigenvalue weighted by atomic mass is 16.2. The van der Waals surface area contributed by atoms with E-state index in [1.165, 1.54) is 0 Å². The minimum absolute atomic E-state index is 0.290. The van der Waals surface area contributed by atoms with E-state index in [1.54, 1.807) is 11.0 Å². The van der Waals surface area contributed by atoms with Gasteiger partial charge in [0.05, 0.1) is 0 Å². The second kappa shape index (κ2) is 5.14. The number of aliphatic imine (C=N–C) groups is 1. The molecule has 100 valence electrons. The fourth-order valence-electron chi connectivity index (χ4n) is 2.13. The molecule has 1 aromatic rings. The first-order valence-corrected chi connectivity index (χ1v) is 6.07. The van der Waals surface area contributed by atoms with Crippen molar-refractivity contribution in [3.05, 3.63) is 42.5 Å². The van der Waals surface area contributed by atoms with Crippen molar-refractivity contribution in [3.63, 3.8) is 0 Å². The molecule has 0 aliphatic carbocycles. The summed E-state index contributed by atoms with van der Waals surface area (Å²) in [4.78, 5) is 19.2. The molecule has 0 bridgehead atoms. The molecule has 1 atom stereocenters. The SMILES string of the molecule is C=CCN1C(=O)N=C(N)C1c1ccc(N(C)C)cc1. The van der Waals surface area contributed by atoms with Gasteiger partial charge in [0.2, 0.25) is 0 Å². The highest BCUT2D eigenvalue weighted by molar-refractivity contribution is 6.03. The van der Waals surface area contributed by atoms with E-state index in [4.69, 9.17) is 5.73 Å². The van der Waals surface area contributed by atoms with Crippen LogP contribution in [0.4, 0.5) is 10.5 Å². The van der Waals surface area contributed by atoms with Crippen molar-refractivity contribution in [1.82, 2.24) is 4.90 Å². The number of anilines is 1. The van der Waals surface area contributed by atoms with Crippen molar-refractivity contribution in [2.45, 2.75) is 6.04 Å². The molecule has 1 aromatic carbocycles. The summed E-state index contributed by atoms with van der Waals surface area (Å²) in [7, 11) is 3.96. The zero-order valence-electron chi connectivity index (χ0n) is 11.2. The number of nitrogens with zero attached hydrogens (tertiary/aromatic N) is 3. The van der Waals surface area contributed by atoms with E-state index < -0.39 is 0 Å². The first-order chi connectivity index (χ1) is 9.04. The van der Waals surface area contributed by atoms with Gasteiger partial charge in [0.1, 0.15) is 11.9 Å². The maximum absolute atomic E-state index is 11.7. The Kier molecular flexibility index (Phi) is 3.55. The van der Waals surface area contributed by atoms with Gasteiger partial charge in [0, 0.05) is 26.3 Å². The first kappa shape index (κ1) is 13.1. The molecule has 5 nitrogen and oxygen atoms in total. The standard InChI is InChI=1S/C14H18N4O/c1-4-9-18-12(13(15)16-14(18)19)10-5-7-11(8-6-10)17(2)3/h4-8,12H,1,9H2,2-3H3,(H2,15,16,19). The van der Waals surface area contributed by atoms with Crippen LogP contribution in [0, 0.1) is 0 Å². The number of amidine groups is 1. The zero-order chi connectivity index (χ0) is 14.0. The minimum atomic E-state index is -0.306. The van der Waals surface area contributed by atoms with Crippen LogP contribution >= 0.6 is 0 Å². The molecule has 0 saturated heterocycles. The summed E-state index contributed by atoms with van der Waals surface area (Å²) in [6.07, 6.45) is 1.67. The lowest BCUT2D eigenvalue weighted by molar-refractivity contribution is 0.213. The normalized spacial score (nSPS) is 18.4. The number of nitrogens with two attached hydrogens (primary N) is 1. The van der Waals surface area contributed by atoms with Crippen LogP contribution in [0.2, 0.25) is 0 Å². The Morgan fingerprint density at radius 2 is 2.05 bits per heavy atom. The third kappa shape index (κ3) is 2.45. The van der Waals surface area contributed by atoms with Gasteiger partial charge < -0.3 is 15.5 Å². The zero-order valence-corrected chi connectivity index (χ0v) is 11.2. The molecular weight excluding hydrogens is 240 g/mol. The van der Waals surface area contributed by atoms with E-state index in [-0.39, 0.29) is 12.1 Å². The Labute approximate surface area is 113 Å². The molecule has 0 radical (unpaired) electrons. The quantitative estimate of drug-likeness (QED) is 0.837. The van der Waals surface area contributed by atoms with Gasteiger partial charge in [-0.15, -0.1) is 6.58 Å². The number of amides is 2. The molecule has 0 fully saturated rings. The Morgan fingerprint density at radius 3 is 2.58 bits per heavy atom. The molecule has 0 spiro atoms. The van der Waals surface area contributed by atoms with Gasteiger partial charge in [-0.1, -0.05) is 18.2 Å². The number of benzene rings is 1. The lowest BCUT2D eigenvalue weighted by Gasteiger charge is -2.23. The fourth-order valence-corrected chi connectivity index (χ4v) is 2.13. The molecule has 0 aromatic heterocycles. The van der Waals surface area contributed by atoms with Crippen molar-refractivity contribution in [2.24, 2.45) is 10.7 Å². The molecule has 5 heteroatoms. The molecule has 1 aliphatic heterocycles. The monoisotopic (exact) mass is 258 g/mol. The van der Waals surface area contributed by atoms with Gasteiger partial charge in [0.15, 0.2) is 0 Å². The molecule has 2 amide bonds. The van der Waals surface area contributed by atoms with E-state index in [2.05, 4.69) is 11.6 Å². The van der Waals surface area contributed by atoms with E-state index in [0.717, 1.165) is 11.3 Å². The third-order valence-corrected chi connectivity index (χ3v) is 3.11. The predicted molar refractivity (Wildman–Crippen MR) is 77.4 cm³/mol. The summed E-state index contributed by atoms with van der Waals surface area (Å²) < 4.78 is 0. The van der Waals surface area contributed by atoms with Crippen molar-refractivity contribution < 1.29 is 4.79 Å². The predicted octanol–water partition coefficient (Wildman–Crippen LogP) is 1.77. The summed E-state index contributed by atoms with van der Waals surface area (Å²) in [5.41, 5.74) is 7.92. The highest BCUT2D eigenvalue weighted by Crippen LogP contribution is 2.27. The minimum Gasteiger partial charge on any atom is -0.385 e. The molecule has 1 heterocycles. The van der Waals surface area contributed by atoms with E-state index >= 15 is 0 Å². The molecule has 2 rings (SSSR count). The van der Waals surface area contributed by atoms with Crippen molar-refractivity contribution in [2.75, 3.05) is 25.5 Å². The van der Waals surface area contributed by atoms with Crippen LogP contribution in [0.15, 0.2) is 41.9 Å². The van der Waals surface area contributed by atoms with Gasteiger partial charge in [-0.3, -0.25) is 0 Å². The Morgan fingerprint density at radius 1 is 1.42 bits per heavy atom. The fraction of sp³-hybridized carbons (Fsp3) is 0.286. The Balaban J connectivity index is 2.31. The second-order valence-corrected chi connectivity index (χ2v) is 4.65. The molecule has 2 N–H and O–H groups in total. The van der Waals surface area contributed by atoms with E-state index in [9.17, 15) is 4.79 Å². The number of carbonyl (C=O) groups excluding carboxylic acids is 1. The Bertz CT molecular complexity index is 519.